The Hall–Kier alpha value is -2.31. The van der Waals surface area contributed by atoms with Crippen LogP contribution in [0.25, 0.3) is 0 Å². The highest BCUT2D eigenvalue weighted by Gasteiger charge is 2.37. The summed E-state index contributed by atoms with van der Waals surface area (Å²) in [6.45, 7) is 4.91. The molecular formula is C22H33N3O4. The van der Waals surface area contributed by atoms with Gasteiger partial charge in [-0.15, -0.1) is 0 Å². The third-order valence-corrected chi connectivity index (χ3v) is 5.88. The molecule has 2 bridgehead atoms. The number of nitrogens with zero attached hydrogens (tertiary/aromatic N) is 1. The Morgan fingerprint density at radius 3 is 2.62 bits per heavy atom. The Kier molecular flexibility index (Phi) is 7.34. The maximum Gasteiger partial charge on any atom is 0.309 e. The topological polar surface area (TPSA) is 89.6 Å². The number of carbonyl (C=O) groups excluding carboxylic acids is 2. The quantitative estimate of drug-likeness (QED) is 0.734. The van der Waals surface area contributed by atoms with E-state index in [2.05, 4.69) is 22.5 Å². The van der Waals surface area contributed by atoms with E-state index in [-0.39, 0.29) is 29.9 Å². The number of ether oxygens (including phenoxy) is 2. The van der Waals surface area contributed by atoms with Gasteiger partial charge in [-0.05, 0) is 31.2 Å². The fourth-order valence-corrected chi connectivity index (χ4v) is 4.13. The zero-order valence-corrected chi connectivity index (χ0v) is 17.7. The number of anilines is 1. The molecule has 0 aromatic carbocycles. The van der Waals surface area contributed by atoms with Gasteiger partial charge in [-0.2, -0.15) is 4.98 Å². The number of amides is 1. The molecule has 7 nitrogen and oxygen atoms in total. The van der Waals surface area contributed by atoms with Crippen LogP contribution in [0.4, 0.5) is 5.82 Å². The van der Waals surface area contributed by atoms with Crippen molar-refractivity contribution in [3.8, 4) is 5.88 Å². The molecule has 2 aliphatic heterocycles. The zero-order valence-electron chi connectivity index (χ0n) is 17.7. The second kappa shape index (κ2) is 9.94. The number of esters is 1. The van der Waals surface area contributed by atoms with Gasteiger partial charge < -0.3 is 20.1 Å². The van der Waals surface area contributed by atoms with Crippen LogP contribution in [0, 0.1) is 11.8 Å². The highest BCUT2D eigenvalue weighted by atomic mass is 16.6. The van der Waals surface area contributed by atoms with Crippen LogP contribution in [0.2, 0.25) is 0 Å². The minimum absolute atomic E-state index is 0.124. The second-order valence-corrected chi connectivity index (χ2v) is 8.45. The molecular weight excluding hydrogens is 370 g/mol. The number of carbonyl (C=O) groups is 2. The number of hydrogen-bond donors (Lipinski definition) is 2. The summed E-state index contributed by atoms with van der Waals surface area (Å²) in [5.74, 6) is 0.980. The van der Waals surface area contributed by atoms with E-state index >= 15 is 0 Å². The molecule has 3 heterocycles. The molecule has 1 aromatic rings. The van der Waals surface area contributed by atoms with Gasteiger partial charge in [0.1, 0.15) is 11.9 Å². The van der Waals surface area contributed by atoms with Crippen molar-refractivity contribution >= 4 is 17.7 Å². The monoisotopic (exact) mass is 403 g/mol. The molecule has 1 amide bonds. The average molecular weight is 404 g/mol. The van der Waals surface area contributed by atoms with Gasteiger partial charge in [0.2, 0.25) is 5.88 Å². The van der Waals surface area contributed by atoms with Crippen LogP contribution >= 0.6 is 0 Å². The SMILES string of the molecule is COc1cc2cc(n1)NCCCCCCC(C)CC(C1CC(C)C(=O)O1)NC2=O. The van der Waals surface area contributed by atoms with Crippen LogP contribution in [-0.2, 0) is 9.53 Å². The first-order chi connectivity index (χ1) is 14.0. The molecule has 0 aliphatic carbocycles. The van der Waals surface area contributed by atoms with Gasteiger partial charge in [-0.1, -0.05) is 39.5 Å². The molecule has 1 fully saturated rings. The highest BCUT2D eigenvalue weighted by molar-refractivity contribution is 5.95. The number of pyridine rings is 1. The number of methoxy groups -OCH3 is 1. The van der Waals surface area contributed by atoms with Crippen molar-refractivity contribution < 1.29 is 19.1 Å². The molecule has 1 aromatic heterocycles. The van der Waals surface area contributed by atoms with Crippen LogP contribution in [0.3, 0.4) is 0 Å². The van der Waals surface area contributed by atoms with E-state index in [0.717, 1.165) is 32.2 Å². The lowest BCUT2D eigenvalue weighted by molar-refractivity contribution is -0.144. The van der Waals surface area contributed by atoms with Gasteiger partial charge >= 0.3 is 5.97 Å². The molecule has 7 heteroatoms. The molecule has 29 heavy (non-hydrogen) atoms. The Morgan fingerprint density at radius 2 is 1.90 bits per heavy atom. The maximum atomic E-state index is 13.1. The molecule has 3 rings (SSSR count). The minimum Gasteiger partial charge on any atom is -0.481 e. The fraction of sp³-hybridized carbons (Fsp3) is 0.682. The van der Waals surface area contributed by atoms with E-state index in [1.54, 1.807) is 19.2 Å². The Labute approximate surface area is 172 Å². The molecule has 4 atom stereocenters. The number of aromatic nitrogens is 1. The fourth-order valence-electron chi connectivity index (χ4n) is 4.13. The van der Waals surface area contributed by atoms with Crippen molar-refractivity contribution in [3.63, 3.8) is 0 Å². The first kappa shape index (κ1) is 21.4. The van der Waals surface area contributed by atoms with Gasteiger partial charge in [0.15, 0.2) is 0 Å². The number of cyclic esters (lactones) is 1. The normalized spacial score (nSPS) is 29.1. The van der Waals surface area contributed by atoms with Gasteiger partial charge in [-0.25, -0.2) is 0 Å². The van der Waals surface area contributed by atoms with Gasteiger partial charge in [0, 0.05) is 18.2 Å². The summed E-state index contributed by atoms with van der Waals surface area (Å²) in [6, 6.07) is 3.19. The van der Waals surface area contributed by atoms with E-state index in [4.69, 9.17) is 9.47 Å². The van der Waals surface area contributed by atoms with Crippen molar-refractivity contribution in [2.75, 3.05) is 19.0 Å². The van der Waals surface area contributed by atoms with Crippen LogP contribution in [0.5, 0.6) is 5.88 Å². The molecule has 160 valence electrons. The predicted octanol–water partition coefficient (Wildman–Crippen LogP) is 3.54. The lowest BCUT2D eigenvalue weighted by atomic mass is 9.90. The molecule has 0 radical (unpaired) electrons. The van der Waals surface area contributed by atoms with Crippen LogP contribution < -0.4 is 15.4 Å². The first-order valence-electron chi connectivity index (χ1n) is 10.8. The van der Waals surface area contributed by atoms with Crippen LogP contribution in [0.1, 0.15) is 69.2 Å². The van der Waals surface area contributed by atoms with Gasteiger partial charge in [-0.3, -0.25) is 9.59 Å². The predicted molar refractivity (Wildman–Crippen MR) is 111 cm³/mol. The summed E-state index contributed by atoms with van der Waals surface area (Å²) in [4.78, 5) is 29.4. The summed E-state index contributed by atoms with van der Waals surface area (Å²) >= 11 is 0. The van der Waals surface area contributed by atoms with E-state index in [1.165, 1.54) is 12.8 Å². The Morgan fingerprint density at radius 1 is 1.10 bits per heavy atom. The minimum atomic E-state index is -0.277. The maximum absolute atomic E-state index is 13.1. The third-order valence-electron chi connectivity index (χ3n) is 5.88. The van der Waals surface area contributed by atoms with E-state index < -0.39 is 0 Å². The summed E-state index contributed by atoms with van der Waals surface area (Å²) in [6.07, 6.45) is 6.85. The molecule has 2 N–H and O–H groups in total. The lowest BCUT2D eigenvalue weighted by Gasteiger charge is -2.27. The van der Waals surface area contributed by atoms with Crippen LogP contribution in [0.15, 0.2) is 12.1 Å². The molecule has 4 unspecified atom stereocenters. The Balaban J connectivity index is 1.84. The standard InChI is InChI=1S/C22H33N3O4/c1-14-8-6-4-5-7-9-23-19-12-16(13-20(25-19)28-3)21(26)24-17(10-14)18-11-15(2)22(27)29-18/h12-15,17-18H,4-11H2,1-3H3,(H,23,25)(H,24,26). The van der Waals surface area contributed by atoms with Crippen molar-refractivity contribution in [1.29, 1.82) is 0 Å². The van der Waals surface area contributed by atoms with Crippen molar-refractivity contribution in [3.05, 3.63) is 17.7 Å². The van der Waals surface area contributed by atoms with Crippen LogP contribution in [-0.4, -0.2) is 42.7 Å². The number of hydrogen-bond acceptors (Lipinski definition) is 6. The summed E-state index contributed by atoms with van der Waals surface area (Å²) in [5.41, 5.74) is 0.490. The first-order valence-corrected chi connectivity index (χ1v) is 10.8. The van der Waals surface area contributed by atoms with E-state index in [1.807, 2.05) is 6.92 Å². The van der Waals surface area contributed by atoms with E-state index in [9.17, 15) is 9.59 Å². The Bertz CT molecular complexity index is 724. The molecule has 2 aliphatic rings. The summed E-state index contributed by atoms with van der Waals surface area (Å²) in [7, 11) is 1.54. The average Bonchev–Trinajstić information content (AvgIpc) is 3.04. The van der Waals surface area contributed by atoms with Crippen molar-refractivity contribution in [2.24, 2.45) is 11.8 Å². The smallest absolute Gasteiger partial charge is 0.309 e. The lowest BCUT2D eigenvalue weighted by Crippen LogP contribution is -2.44. The molecule has 1 saturated heterocycles. The van der Waals surface area contributed by atoms with E-state index in [0.29, 0.717) is 29.6 Å². The van der Waals surface area contributed by atoms with Crippen molar-refractivity contribution in [1.82, 2.24) is 10.3 Å². The molecule has 0 spiro atoms. The number of fused-ring (bicyclic) bond motifs is 2. The highest BCUT2D eigenvalue weighted by Crippen LogP contribution is 2.28. The third kappa shape index (κ3) is 5.84. The number of rotatable bonds is 2. The molecule has 0 saturated carbocycles. The zero-order chi connectivity index (χ0) is 20.8. The second-order valence-electron chi connectivity index (χ2n) is 8.45. The number of nitrogens with one attached hydrogen (secondary N) is 2. The summed E-state index contributed by atoms with van der Waals surface area (Å²) in [5, 5.41) is 6.43. The summed E-state index contributed by atoms with van der Waals surface area (Å²) < 4.78 is 10.9. The van der Waals surface area contributed by atoms with Gasteiger partial charge in [0.05, 0.1) is 19.1 Å². The van der Waals surface area contributed by atoms with Crippen molar-refractivity contribution in [2.45, 2.75) is 70.9 Å². The van der Waals surface area contributed by atoms with Gasteiger partial charge in [0.25, 0.3) is 5.91 Å². The largest absolute Gasteiger partial charge is 0.481 e.